The molecule has 0 atom stereocenters. The van der Waals surface area contributed by atoms with Gasteiger partial charge in [0.05, 0.1) is 5.48 Å². The van der Waals surface area contributed by atoms with Gasteiger partial charge in [0.2, 0.25) is 0 Å². The van der Waals surface area contributed by atoms with Crippen molar-refractivity contribution in [3.63, 3.8) is 0 Å². The third-order valence-corrected chi connectivity index (χ3v) is 8.27. The Hall–Kier alpha value is -5.40. The molecule has 0 saturated heterocycles. The largest absolute Gasteiger partial charge is 0.455 e. The second-order valence-corrected chi connectivity index (χ2v) is 10.6. The average Bonchev–Trinajstić information content (AvgIpc) is 3.47. The fraction of sp³-hybridized carbons (Fsp3) is 0. The van der Waals surface area contributed by atoms with Crippen molar-refractivity contribution < 1.29 is 9.90 Å². The molecule has 0 radical (unpaired) electrons. The minimum atomic E-state index is -0.0716. The van der Waals surface area contributed by atoms with E-state index in [4.69, 9.17) is 7.16 Å². The molecule has 8 aromatic carbocycles. The van der Waals surface area contributed by atoms with Gasteiger partial charge in [-0.15, -0.1) is 0 Å². The summed E-state index contributed by atoms with van der Waals surface area (Å²) >= 11 is 0. The lowest BCUT2D eigenvalue weighted by Gasteiger charge is -2.10. The van der Waals surface area contributed by atoms with E-state index in [9.17, 15) is 2.74 Å². The Kier molecular flexibility index (Phi) is 3.92. The van der Waals surface area contributed by atoms with Crippen molar-refractivity contribution in [3.8, 4) is 22.3 Å². The van der Waals surface area contributed by atoms with E-state index >= 15 is 0 Å². The smallest absolute Gasteiger partial charge is 0.143 e. The minimum Gasteiger partial charge on any atom is -0.455 e. The number of fused-ring (bicyclic) bond motifs is 9. The summed E-state index contributed by atoms with van der Waals surface area (Å²) in [6.45, 7) is 0. The van der Waals surface area contributed by atoms with Crippen LogP contribution in [0.5, 0.6) is 0 Å². The number of furan rings is 1. The molecule has 9 rings (SSSR count). The van der Waals surface area contributed by atoms with Crippen LogP contribution in [0.15, 0.2) is 150 Å². The van der Waals surface area contributed by atoms with Gasteiger partial charge in [-0.3, -0.25) is 0 Å². The quantitative estimate of drug-likeness (QED) is 0.162. The molecule has 0 aliphatic rings. The maximum absolute atomic E-state index is 9.19. The molecule has 0 amide bonds. The fourth-order valence-corrected chi connectivity index (χ4v) is 6.25. The van der Waals surface area contributed by atoms with Crippen molar-refractivity contribution in [2.45, 2.75) is 0 Å². The summed E-state index contributed by atoms with van der Waals surface area (Å²) in [5.41, 5.74) is 3.25. The first-order valence-electron chi connectivity index (χ1n) is 15.8. The van der Waals surface area contributed by atoms with E-state index in [-0.39, 0.29) is 29.7 Å². The predicted molar refractivity (Wildman–Crippen MR) is 175 cm³/mol. The molecule has 0 bridgehead atoms. The average molecular weight is 525 g/mol. The van der Waals surface area contributed by atoms with Gasteiger partial charge >= 0.3 is 0 Å². The van der Waals surface area contributed by atoms with Crippen LogP contribution in [0.2, 0.25) is 0 Å². The molecule has 1 nitrogen and oxygen atoms in total. The molecular weight excluding hydrogens is 496 g/mol. The minimum absolute atomic E-state index is 0.0636. The topological polar surface area (TPSA) is 13.1 Å². The van der Waals surface area contributed by atoms with Crippen LogP contribution in [0.4, 0.5) is 0 Å². The van der Waals surface area contributed by atoms with Crippen molar-refractivity contribution in [2.75, 3.05) is 0 Å². The Morgan fingerprint density at radius 2 is 1.07 bits per heavy atom. The first kappa shape index (κ1) is 18.8. The highest BCUT2D eigenvalue weighted by Gasteiger charge is 2.15. The molecule has 1 aromatic heterocycles. The van der Waals surface area contributed by atoms with Crippen LogP contribution in [-0.4, -0.2) is 0 Å². The highest BCUT2D eigenvalue weighted by Crippen LogP contribution is 2.40. The summed E-state index contributed by atoms with van der Waals surface area (Å²) in [5, 5.41) is 10.3. The molecule has 0 aliphatic carbocycles. The molecule has 0 saturated carbocycles. The maximum Gasteiger partial charge on any atom is 0.143 e. The van der Waals surface area contributed by atoms with E-state index in [1.807, 2.05) is 84.9 Å². The van der Waals surface area contributed by atoms with Crippen LogP contribution in [-0.2, 0) is 0 Å². The van der Waals surface area contributed by atoms with E-state index in [1.165, 1.54) is 5.39 Å². The summed E-state index contributed by atoms with van der Waals surface area (Å²) in [6.07, 6.45) is 0. The normalized spacial score (nSPS) is 13.3. The first-order valence-corrected chi connectivity index (χ1v) is 13.8. The molecule has 1 heteroatoms. The SMILES string of the molecule is [2H]c1c([2H])c(-c2cccc3oc4c5ccccc5ccc4c23)c([2H])c([2H])c1-c1ccc2ccc3cc4ccccc4cc3c2c1. The number of hydrogen-bond donors (Lipinski definition) is 0. The van der Waals surface area contributed by atoms with E-state index in [0.717, 1.165) is 54.1 Å². The van der Waals surface area contributed by atoms with Gasteiger partial charge < -0.3 is 4.42 Å². The van der Waals surface area contributed by atoms with Gasteiger partial charge in [0.25, 0.3) is 0 Å². The van der Waals surface area contributed by atoms with Crippen LogP contribution >= 0.6 is 0 Å². The van der Waals surface area contributed by atoms with E-state index in [0.29, 0.717) is 22.3 Å². The number of hydrogen-bond acceptors (Lipinski definition) is 1. The van der Waals surface area contributed by atoms with Gasteiger partial charge in [0, 0.05) is 16.2 Å². The van der Waals surface area contributed by atoms with Crippen LogP contribution in [0.1, 0.15) is 5.48 Å². The van der Waals surface area contributed by atoms with Crippen molar-refractivity contribution in [1.82, 2.24) is 0 Å². The summed E-state index contributed by atoms with van der Waals surface area (Å²) in [7, 11) is 0. The summed E-state index contributed by atoms with van der Waals surface area (Å²) in [5.74, 6) is 0. The molecule has 0 fully saturated rings. The third kappa shape index (κ3) is 3.43. The summed E-state index contributed by atoms with van der Waals surface area (Å²) in [4.78, 5) is 0. The zero-order valence-electron chi connectivity index (χ0n) is 26.0. The zero-order valence-corrected chi connectivity index (χ0v) is 22.0. The maximum atomic E-state index is 9.19. The lowest BCUT2D eigenvalue weighted by atomic mass is 9.94. The molecular formula is C40H24O. The lowest BCUT2D eigenvalue weighted by Crippen LogP contribution is -1.84. The van der Waals surface area contributed by atoms with Crippen LogP contribution in [0.3, 0.4) is 0 Å². The van der Waals surface area contributed by atoms with E-state index in [2.05, 4.69) is 36.4 Å². The molecule has 41 heavy (non-hydrogen) atoms. The van der Waals surface area contributed by atoms with Gasteiger partial charge in [-0.1, -0.05) is 115 Å². The predicted octanol–water partition coefficient (Wildman–Crippen LogP) is 11.5. The molecule has 0 spiro atoms. The second-order valence-electron chi connectivity index (χ2n) is 10.6. The first-order chi connectivity index (χ1) is 22.0. The van der Waals surface area contributed by atoms with E-state index in [1.54, 1.807) is 0 Å². The highest BCUT2D eigenvalue weighted by atomic mass is 16.3. The fourth-order valence-electron chi connectivity index (χ4n) is 6.25. The number of rotatable bonds is 2. The Labute approximate surface area is 242 Å². The van der Waals surface area contributed by atoms with Gasteiger partial charge in [-0.2, -0.15) is 0 Å². The summed E-state index contributed by atoms with van der Waals surface area (Å²) in [6, 6.07) is 40.2. The Morgan fingerprint density at radius 1 is 0.415 bits per heavy atom. The van der Waals surface area contributed by atoms with Gasteiger partial charge in [0.15, 0.2) is 0 Å². The van der Waals surface area contributed by atoms with Crippen LogP contribution in [0.25, 0.3) is 87.3 Å². The standard InChI is InChI=1S/C40H24O/c1-2-8-30-23-37-32(22-29(30)7-1)19-17-28-16-18-31(24-36(28)37)25-12-14-27(15-13-25)33-10-5-11-38-39(33)35-21-20-26-6-3-4-9-34(26)40(35)41-38/h1-24H/i12D,13D,14D,15D. The molecule has 0 aliphatic heterocycles. The Bertz CT molecular complexity index is 2680. The second kappa shape index (κ2) is 8.55. The van der Waals surface area contributed by atoms with E-state index < -0.39 is 0 Å². The van der Waals surface area contributed by atoms with Crippen molar-refractivity contribution in [1.29, 1.82) is 0 Å². The Balaban J connectivity index is 1.28. The monoisotopic (exact) mass is 524 g/mol. The van der Waals surface area contributed by atoms with Crippen molar-refractivity contribution in [2.24, 2.45) is 0 Å². The lowest BCUT2D eigenvalue weighted by molar-refractivity contribution is 0.673. The third-order valence-electron chi connectivity index (χ3n) is 8.27. The van der Waals surface area contributed by atoms with Crippen LogP contribution < -0.4 is 0 Å². The molecule has 0 N–H and O–H groups in total. The van der Waals surface area contributed by atoms with Gasteiger partial charge in [0.1, 0.15) is 11.2 Å². The molecule has 0 unspecified atom stereocenters. The van der Waals surface area contributed by atoms with Gasteiger partial charge in [-0.25, -0.2) is 0 Å². The zero-order chi connectivity index (χ0) is 30.4. The van der Waals surface area contributed by atoms with Gasteiger partial charge in [-0.05, 0) is 90.3 Å². The van der Waals surface area contributed by atoms with Crippen molar-refractivity contribution in [3.05, 3.63) is 145 Å². The summed E-state index contributed by atoms with van der Waals surface area (Å²) < 4.78 is 43.1. The number of benzene rings is 8. The molecule has 1 heterocycles. The van der Waals surface area contributed by atoms with Crippen LogP contribution in [0, 0.1) is 0 Å². The highest BCUT2D eigenvalue weighted by molar-refractivity contribution is 6.19. The molecule has 9 aromatic rings. The molecule has 190 valence electrons. The van der Waals surface area contributed by atoms with Crippen molar-refractivity contribution >= 4 is 65.0 Å². The Morgan fingerprint density at radius 3 is 1.95 bits per heavy atom.